The minimum Gasteiger partial charge on any atom is -0.377 e. The third-order valence-electron chi connectivity index (χ3n) is 7.45. The molecule has 0 unspecified atom stereocenters. The zero-order valence-electron chi connectivity index (χ0n) is 21.8. The van der Waals surface area contributed by atoms with Gasteiger partial charge in [0.05, 0.1) is 10.4 Å². The van der Waals surface area contributed by atoms with Crippen LogP contribution in [0.1, 0.15) is 25.7 Å². The second-order valence-corrected chi connectivity index (χ2v) is 11.9. The number of nitrogens with two attached hydrogens (primary N) is 1. The first-order valence-electron chi connectivity index (χ1n) is 13.0. The van der Waals surface area contributed by atoms with E-state index in [0.717, 1.165) is 59.6 Å². The van der Waals surface area contributed by atoms with Crippen LogP contribution in [0.3, 0.4) is 0 Å². The molecule has 0 spiro atoms. The molecule has 5 N–H and O–H groups in total. The van der Waals surface area contributed by atoms with E-state index in [1.54, 1.807) is 6.07 Å². The van der Waals surface area contributed by atoms with E-state index in [9.17, 15) is 8.42 Å². The number of hydrazine groups is 1. The summed E-state index contributed by atoms with van der Waals surface area (Å²) in [7, 11) is 0.297. The van der Waals surface area contributed by atoms with E-state index in [2.05, 4.69) is 25.4 Å². The van der Waals surface area contributed by atoms with Crippen LogP contribution in [0.5, 0.6) is 0 Å². The zero-order chi connectivity index (χ0) is 26.7. The highest BCUT2D eigenvalue weighted by molar-refractivity contribution is 7.89. The van der Waals surface area contributed by atoms with Gasteiger partial charge in [-0.1, -0.05) is 36.4 Å². The molecule has 1 saturated carbocycles. The predicted molar refractivity (Wildman–Crippen MR) is 155 cm³/mol. The van der Waals surface area contributed by atoms with Gasteiger partial charge in [0.1, 0.15) is 0 Å². The second-order valence-electron chi connectivity index (χ2n) is 10.2. The highest BCUT2D eigenvalue weighted by atomic mass is 32.2. The third kappa shape index (κ3) is 5.52. The van der Waals surface area contributed by atoms with Gasteiger partial charge in [0.15, 0.2) is 5.82 Å². The molecule has 4 aromatic rings. The smallest absolute Gasteiger partial charge is 0.241 e. The first kappa shape index (κ1) is 26.1. The second kappa shape index (κ2) is 11.1. The van der Waals surface area contributed by atoms with Crippen molar-refractivity contribution in [3.05, 3.63) is 60.7 Å². The van der Waals surface area contributed by atoms with E-state index >= 15 is 0 Å². The Morgan fingerprint density at radius 3 is 2.24 bits per heavy atom. The number of rotatable bonds is 9. The van der Waals surface area contributed by atoms with Crippen molar-refractivity contribution in [1.82, 2.24) is 14.7 Å². The fourth-order valence-corrected chi connectivity index (χ4v) is 6.67. The Hall–Kier alpha value is -3.47. The van der Waals surface area contributed by atoms with Gasteiger partial charge in [0.2, 0.25) is 16.0 Å². The number of nitrogens with zero attached hydrogens (tertiary/aromatic N) is 3. The lowest BCUT2D eigenvalue weighted by atomic mass is 9.82. The molecule has 0 bridgehead atoms. The fraction of sp³-hybridized carbons (Fsp3) is 0.357. The third-order valence-corrected chi connectivity index (χ3v) is 8.93. The Morgan fingerprint density at radius 1 is 0.842 bits per heavy atom. The van der Waals surface area contributed by atoms with Crippen LogP contribution in [0.15, 0.2) is 65.6 Å². The molecule has 0 atom stereocenters. The Labute approximate surface area is 223 Å². The van der Waals surface area contributed by atoms with Gasteiger partial charge >= 0.3 is 0 Å². The van der Waals surface area contributed by atoms with Crippen molar-refractivity contribution < 1.29 is 8.42 Å². The van der Waals surface area contributed by atoms with E-state index in [1.165, 1.54) is 0 Å². The fourth-order valence-electron chi connectivity index (χ4n) is 5.34. The van der Waals surface area contributed by atoms with E-state index in [4.69, 9.17) is 5.84 Å². The maximum atomic E-state index is 13.3. The summed E-state index contributed by atoms with van der Waals surface area (Å²) >= 11 is 0. The van der Waals surface area contributed by atoms with Gasteiger partial charge in [-0.3, -0.25) is 0 Å². The summed E-state index contributed by atoms with van der Waals surface area (Å²) in [5.74, 6) is 7.61. The Morgan fingerprint density at radius 2 is 1.50 bits per heavy atom. The van der Waals surface area contributed by atoms with E-state index < -0.39 is 10.0 Å². The predicted octanol–water partition coefficient (Wildman–Crippen LogP) is 4.33. The number of benzene rings is 3. The Balaban J connectivity index is 1.17. The molecule has 3 aromatic carbocycles. The lowest BCUT2D eigenvalue weighted by Gasteiger charge is -2.28. The molecule has 1 aliphatic rings. The molecular formula is C28H35N7O2S. The van der Waals surface area contributed by atoms with Crippen molar-refractivity contribution in [2.45, 2.75) is 30.6 Å². The summed E-state index contributed by atoms with van der Waals surface area (Å²) in [5.41, 5.74) is 4.49. The number of hydrogen-bond donors (Lipinski definition) is 4. The minimum atomic E-state index is -3.63. The molecule has 1 aliphatic carbocycles. The lowest BCUT2D eigenvalue weighted by Crippen LogP contribution is -2.32. The molecule has 10 heteroatoms. The number of nitrogens with one attached hydrogen (secondary N) is 3. The van der Waals surface area contributed by atoms with Crippen LogP contribution in [0.4, 0.5) is 17.5 Å². The number of hydrogen-bond acceptors (Lipinski definition) is 8. The molecule has 1 fully saturated rings. The van der Waals surface area contributed by atoms with Crippen LogP contribution in [0.2, 0.25) is 0 Å². The Kier molecular flexibility index (Phi) is 7.64. The highest BCUT2D eigenvalue weighted by Gasteiger charge is 2.24. The number of fused-ring (bicyclic) bond motifs is 2. The molecule has 1 heterocycles. The number of nitrogen functional groups attached to an aromatic ring is 1. The first-order chi connectivity index (χ1) is 18.4. The Bertz CT molecular complexity index is 1530. The van der Waals surface area contributed by atoms with Gasteiger partial charge in [-0.25, -0.2) is 24.0 Å². The molecule has 38 heavy (non-hydrogen) atoms. The van der Waals surface area contributed by atoms with Gasteiger partial charge in [-0.15, -0.1) is 0 Å². The molecule has 0 radical (unpaired) electrons. The SMILES string of the molecule is CN(C)c1cccc2c(S(=O)(=O)NCC3CCC(CNc4nc(NN)c5ccccc5n4)CC3)cccc12. The molecule has 0 aliphatic heterocycles. The average molecular weight is 534 g/mol. The van der Waals surface area contributed by atoms with E-state index in [0.29, 0.717) is 35.0 Å². The average Bonchev–Trinajstić information content (AvgIpc) is 2.94. The molecule has 1 aromatic heterocycles. The number of sulfonamides is 1. The maximum absolute atomic E-state index is 13.3. The molecule has 200 valence electrons. The molecule has 9 nitrogen and oxygen atoms in total. The summed E-state index contributed by atoms with van der Waals surface area (Å²) in [6.45, 7) is 1.22. The van der Waals surface area contributed by atoms with E-state index in [1.807, 2.05) is 73.6 Å². The normalized spacial score (nSPS) is 18.0. The number of aromatic nitrogens is 2. The number of para-hydroxylation sites is 1. The van der Waals surface area contributed by atoms with Crippen molar-refractivity contribution in [3.63, 3.8) is 0 Å². The van der Waals surface area contributed by atoms with Crippen molar-refractivity contribution in [2.24, 2.45) is 17.7 Å². The van der Waals surface area contributed by atoms with Crippen LogP contribution in [0.25, 0.3) is 21.7 Å². The van der Waals surface area contributed by atoms with Crippen LogP contribution in [-0.4, -0.2) is 45.6 Å². The van der Waals surface area contributed by atoms with Crippen LogP contribution < -0.4 is 26.2 Å². The van der Waals surface area contributed by atoms with Gasteiger partial charge in [-0.05, 0) is 61.8 Å². The van der Waals surface area contributed by atoms with Gasteiger partial charge in [-0.2, -0.15) is 4.98 Å². The summed E-state index contributed by atoms with van der Waals surface area (Å²) in [4.78, 5) is 11.4. The maximum Gasteiger partial charge on any atom is 0.241 e. The van der Waals surface area contributed by atoms with Crippen LogP contribution in [-0.2, 0) is 10.0 Å². The van der Waals surface area contributed by atoms with Crippen molar-refractivity contribution in [1.29, 1.82) is 0 Å². The number of anilines is 3. The van der Waals surface area contributed by atoms with Crippen molar-refractivity contribution >= 4 is 49.2 Å². The standard InChI is InChI=1S/C28H35N7O2S/c1-35(2)25-11-5-9-22-21(25)8-6-12-26(22)38(36,37)31-18-20-15-13-19(14-16-20)17-30-28-32-24-10-4-3-7-23(24)27(33-28)34-29/h3-12,19-20,31H,13-18,29H2,1-2H3,(H2,30,32,33,34). The first-order valence-corrected chi connectivity index (χ1v) is 14.5. The van der Waals surface area contributed by atoms with Crippen molar-refractivity contribution in [3.8, 4) is 0 Å². The monoisotopic (exact) mass is 533 g/mol. The lowest BCUT2D eigenvalue weighted by molar-refractivity contribution is 0.284. The van der Waals surface area contributed by atoms with Crippen LogP contribution in [0, 0.1) is 11.8 Å². The highest BCUT2D eigenvalue weighted by Crippen LogP contribution is 2.32. The van der Waals surface area contributed by atoms with Crippen molar-refractivity contribution in [2.75, 3.05) is 42.8 Å². The minimum absolute atomic E-state index is 0.318. The molecule has 5 rings (SSSR count). The zero-order valence-corrected chi connectivity index (χ0v) is 22.6. The summed E-state index contributed by atoms with van der Waals surface area (Å²) in [5, 5.41) is 5.92. The van der Waals surface area contributed by atoms with E-state index in [-0.39, 0.29) is 0 Å². The largest absolute Gasteiger partial charge is 0.377 e. The molecular weight excluding hydrogens is 498 g/mol. The summed E-state index contributed by atoms with van der Waals surface area (Å²) in [6.07, 6.45) is 4.00. The topological polar surface area (TPSA) is 125 Å². The summed E-state index contributed by atoms with van der Waals surface area (Å²) < 4.78 is 29.4. The quantitative estimate of drug-likeness (QED) is 0.185. The van der Waals surface area contributed by atoms with Gasteiger partial charge in [0, 0.05) is 49.0 Å². The van der Waals surface area contributed by atoms with Gasteiger partial charge in [0.25, 0.3) is 0 Å². The molecule has 0 amide bonds. The van der Waals surface area contributed by atoms with Crippen LogP contribution >= 0.6 is 0 Å². The summed E-state index contributed by atoms with van der Waals surface area (Å²) in [6, 6.07) is 19.0. The van der Waals surface area contributed by atoms with Gasteiger partial charge < -0.3 is 15.6 Å². The molecule has 0 saturated heterocycles.